The fourth-order valence-electron chi connectivity index (χ4n) is 2.53. The third kappa shape index (κ3) is 1.58. The van der Waals surface area contributed by atoms with Crippen LogP contribution < -0.4 is 10.6 Å². The predicted molar refractivity (Wildman–Crippen MR) is 57.1 cm³/mol. The van der Waals surface area contributed by atoms with Crippen molar-refractivity contribution in [2.45, 2.75) is 39.5 Å². The van der Waals surface area contributed by atoms with E-state index in [9.17, 15) is 0 Å². The molecule has 0 aliphatic carbocycles. The van der Waals surface area contributed by atoms with E-state index in [0.29, 0.717) is 12.0 Å². The summed E-state index contributed by atoms with van der Waals surface area (Å²) < 4.78 is 6.21. The summed E-state index contributed by atoms with van der Waals surface area (Å²) >= 11 is 0. The molecule has 0 radical (unpaired) electrons. The minimum Gasteiger partial charge on any atom is -0.354 e. The van der Waals surface area contributed by atoms with Gasteiger partial charge in [-0.05, 0) is 5.92 Å². The molecule has 0 saturated carbocycles. The van der Waals surface area contributed by atoms with E-state index < -0.39 is 0 Å². The molecule has 1 atom stereocenters. The number of nitrogens with one attached hydrogen (secondary N) is 2. The van der Waals surface area contributed by atoms with Crippen LogP contribution in [-0.4, -0.2) is 31.5 Å². The van der Waals surface area contributed by atoms with Crippen molar-refractivity contribution in [1.82, 2.24) is 10.6 Å². The van der Waals surface area contributed by atoms with Crippen LogP contribution in [0.15, 0.2) is 0 Å². The van der Waals surface area contributed by atoms with E-state index in [-0.39, 0.29) is 11.1 Å². The van der Waals surface area contributed by atoms with Crippen molar-refractivity contribution < 1.29 is 4.74 Å². The van der Waals surface area contributed by atoms with Gasteiger partial charge in [0.1, 0.15) is 5.72 Å². The Morgan fingerprint density at radius 2 is 1.86 bits per heavy atom. The van der Waals surface area contributed by atoms with Gasteiger partial charge in [-0.1, -0.05) is 27.7 Å². The van der Waals surface area contributed by atoms with E-state index in [1.54, 1.807) is 0 Å². The summed E-state index contributed by atoms with van der Waals surface area (Å²) in [4.78, 5) is 0. The topological polar surface area (TPSA) is 33.3 Å². The van der Waals surface area contributed by atoms with Gasteiger partial charge in [0, 0.05) is 25.0 Å². The Kier molecular flexibility index (Phi) is 2.37. The van der Waals surface area contributed by atoms with Crippen molar-refractivity contribution in [3.05, 3.63) is 0 Å². The molecular formula is C11H22N2O. The highest BCUT2D eigenvalue weighted by Gasteiger charge is 2.49. The second-order valence-corrected chi connectivity index (χ2v) is 5.72. The average molecular weight is 198 g/mol. The normalized spacial score (nSPS) is 34.5. The molecule has 2 aliphatic rings. The number of rotatable bonds is 1. The van der Waals surface area contributed by atoms with Crippen LogP contribution in [0.25, 0.3) is 0 Å². The quantitative estimate of drug-likeness (QED) is 0.658. The van der Waals surface area contributed by atoms with Crippen LogP contribution in [0.1, 0.15) is 27.7 Å². The Hall–Kier alpha value is -0.120. The maximum Gasteiger partial charge on any atom is 0.144 e. The summed E-state index contributed by atoms with van der Waals surface area (Å²) in [6, 6.07) is 0. The molecule has 0 aromatic carbocycles. The molecular weight excluding hydrogens is 176 g/mol. The fourth-order valence-corrected chi connectivity index (χ4v) is 2.53. The first-order chi connectivity index (χ1) is 6.45. The van der Waals surface area contributed by atoms with Crippen molar-refractivity contribution in [1.29, 1.82) is 0 Å². The van der Waals surface area contributed by atoms with E-state index >= 15 is 0 Å². The molecule has 0 bridgehead atoms. The van der Waals surface area contributed by atoms with Crippen LogP contribution in [0.5, 0.6) is 0 Å². The molecule has 3 nitrogen and oxygen atoms in total. The third-order valence-electron chi connectivity index (χ3n) is 3.42. The van der Waals surface area contributed by atoms with Crippen molar-refractivity contribution in [2.24, 2.45) is 11.3 Å². The van der Waals surface area contributed by atoms with Crippen molar-refractivity contribution >= 4 is 0 Å². The molecule has 2 aliphatic heterocycles. The predicted octanol–water partition coefficient (Wildman–Crippen LogP) is 0.956. The molecule has 2 N–H and O–H groups in total. The maximum atomic E-state index is 6.21. The maximum absolute atomic E-state index is 6.21. The Labute approximate surface area is 86.6 Å². The van der Waals surface area contributed by atoms with Gasteiger partial charge in [-0.15, -0.1) is 0 Å². The molecule has 82 valence electrons. The van der Waals surface area contributed by atoms with Gasteiger partial charge >= 0.3 is 0 Å². The summed E-state index contributed by atoms with van der Waals surface area (Å²) in [6.07, 6.45) is 0.367. The van der Waals surface area contributed by atoms with E-state index in [4.69, 9.17) is 4.74 Å². The molecule has 14 heavy (non-hydrogen) atoms. The lowest BCUT2D eigenvalue weighted by Gasteiger charge is -2.55. The zero-order chi connectivity index (χ0) is 10.4. The van der Waals surface area contributed by atoms with Crippen LogP contribution in [0, 0.1) is 11.3 Å². The highest BCUT2D eigenvalue weighted by Crippen LogP contribution is 2.36. The van der Waals surface area contributed by atoms with Crippen LogP contribution in [0.3, 0.4) is 0 Å². The minimum atomic E-state index is -0.0511. The summed E-state index contributed by atoms with van der Waals surface area (Å²) in [5.41, 5.74) is 0.194. The minimum absolute atomic E-state index is 0.0511. The second-order valence-electron chi connectivity index (χ2n) is 5.72. The van der Waals surface area contributed by atoms with Crippen molar-refractivity contribution in [2.75, 3.05) is 19.6 Å². The van der Waals surface area contributed by atoms with Gasteiger partial charge in [0.2, 0.25) is 0 Å². The Morgan fingerprint density at radius 3 is 2.29 bits per heavy atom. The van der Waals surface area contributed by atoms with E-state index in [1.165, 1.54) is 0 Å². The highest BCUT2D eigenvalue weighted by molar-refractivity contribution is 5.01. The van der Waals surface area contributed by atoms with Gasteiger partial charge < -0.3 is 10.1 Å². The lowest BCUT2D eigenvalue weighted by Crippen LogP contribution is -2.75. The lowest BCUT2D eigenvalue weighted by atomic mass is 9.78. The fraction of sp³-hybridized carbons (Fsp3) is 1.00. The Balaban J connectivity index is 2.09. The van der Waals surface area contributed by atoms with Gasteiger partial charge in [0.25, 0.3) is 0 Å². The van der Waals surface area contributed by atoms with Gasteiger partial charge in [0.05, 0.1) is 6.10 Å². The van der Waals surface area contributed by atoms with Gasteiger partial charge in [-0.3, -0.25) is 5.32 Å². The van der Waals surface area contributed by atoms with Crippen molar-refractivity contribution in [3.8, 4) is 0 Å². The van der Waals surface area contributed by atoms with E-state index in [0.717, 1.165) is 19.6 Å². The van der Waals surface area contributed by atoms with Crippen molar-refractivity contribution in [3.63, 3.8) is 0 Å². The first-order valence-corrected chi connectivity index (χ1v) is 5.59. The zero-order valence-electron chi connectivity index (χ0n) is 9.68. The lowest BCUT2D eigenvalue weighted by molar-refractivity contribution is -0.221. The summed E-state index contributed by atoms with van der Waals surface area (Å²) in [7, 11) is 0. The average Bonchev–Trinajstić information content (AvgIpc) is 2.00. The van der Waals surface area contributed by atoms with Gasteiger partial charge in [0.15, 0.2) is 0 Å². The monoisotopic (exact) mass is 198 g/mol. The number of hydrogen-bond acceptors (Lipinski definition) is 3. The second kappa shape index (κ2) is 3.19. The van der Waals surface area contributed by atoms with Crippen LogP contribution in [-0.2, 0) is 4.74 Å². The molecule has 1 unspecified atom stereocenters. The number of ether oxygens (including phenoxy) is 1. The molecule has 0 aromatic heterocycles. The van der Waals surface area contributed by atoms with E-state index in [2.05, 4.69) is 38.3 Å². The molecule has 3 heteroatoms. The molecule has 2 fully saturated rings. The molecule has 0 amide bonds. The van der Waals surface area contributed by atoms with Gasteiger partial charge in [-0.2, -0.15) is 0 Å². The van der Waals surface area contributed by atoms with Crippen LogP contribution in [0.2, 0.25) is 0 Å². The highest BCUT2D eigenvalue weighted by atomic mass is 16.5. The summed E-state index contributed by atoms with van der Waals surface area (Å²) in [6.45, 7) is 12.0. The molecule has 2 rings (SSSR count). The van der Waals surface area contributed by atoms with E-state index in [1.807, 2.05) is 0 Å². The smallest absolute Gasteiger partial charge is 0.144 e. The molecule has 0 aromatic rings. The summed E-state index contributed by atoms with van der Waals surface area (Å²) in [5.74, 6) is 0.588. The largest absolute Gasteiger partial charge is 0.354 e. The molecule has 2 heterocycles. The van der Waals surface area contributed by atoms with Crippen LogP contribution in [0.4, 0.5) is 0 Å². The molecule has 1 spiro atoms. The zero-order valence-corrected chi connectivity index (χ0v) is 9.68. The standard InChI is InChI=1S/C11H22N2O/c1-8(2)9-10(3,4)5-13-11(14-9)6-12-7-11/h8-9,12-13H,5-7H2,1-4H3. The Bertz CT molecular complexity index is 221. The Morgan fingerprint density at radius 1 is 1.21 bits per heavy atom. The third-order valence-corrected chi connectivity index (χ3v) is 3.42. The number of hydrogen-bond donors (Lipinski definition) is 2. The SMILES string of the molecule is CC(C)C1OC2(CNC2)NCC1(C)C. The van der Waals surface area contributed by atoms with Crippen LogP contribution >= 0.6 is 0 Å². The first kappa shape index (κ1) is 10.4. The van der Waals surface area contributed by atoms with Gasteiger partial charge in [-0.25, -0.2) is 0 Å². The summed E-state index contributed by atoms with van der Waals surface area (Å²) in [5, 5.41) is 6.79. The molecule has 2 saturated heterocycles. The first-order valence-electron chi connectivity index (χ1n) is 5.59.